The molecule has 122 valence electrons. The van der Waals surface area contributed by atoms with Gasteiger partial charge < -0.3 is 15.3 Å². The minimum Gasteiger partial charge on any atom is -0.391 e. The van der Waals surface area contributed by atoms with Crippen LogP contribution >= 0.6 is 0 Å². The number of rotatable bonds is 3. The fraction of sp³-hybridized carbons (Fsp3) is 0.533. The molecule has 7 heteroatoms. The molecular formula is C15H20F3N3O. The summed E-state index contributed by atoms with van der Waals surface area (Å²) >= 11 is 0. The topological polar surface area (TPSA) is 47.9 Å². The van der Waals surface area contributed by atoms with E-state index in [4.69, 9.17) is 0 Å². The Balaban J connectivity index is 2.04. The van der Waals surface area contributed by atoms with Gasteiger partial charge >= 0.3 is 6.18 Å². The fourth-order valence-electron chi connectivity index (χ4n) is 2.33. The Labute approximate surface area is 127 Å². The predicted octanol–water partition coefficient (Wildman–Crippen LogP) is 2.24. The van der Waals surface area contributed by atoms with E-state index in [1.165, 1.54) is 12.1 Å². The van der Waals surface area contributed by atoms with Gasteiger partial charge in [0.05, 0.1) is 18.2 Å². The zero-order chi connectivity index (χ0) is 16.2. The number of nitrogens with one attached hydrogen (secondary N) is 1. The average Bonchev–Trinajstić information content (AvgIpc) is 2.89. The van der Waals surface area contributed by atoms with Gasteiger partial charge in [0.15, 0.2) is 5.96 Å². The molecule has 0 saturated carbocycles. The molecule has 0 amide bonds. The third-order valence-corrected chi connectivity index (χ3v) is 3.49. The standard InChI is InChI=1S/C15H20F3N3O/c1-2-19-14(21-8-7-13(22)10-21)20-9-11-3-5-12(6-4-11)15(16,17)18/h3-6,13,22H,2,7-10H2,1H3,(H,19,20)/t13-/m1/s1. The summed E-state index contributed by atoms with van der Waals surface area (Å²) < 4.78 is 37.5. The van der Waals surface area contributed by atoms with Gasteiger partial charge in [0, 0.05) is 19.6 Å². The van der Waals surface area contributed by atoms with Gasteiger partial charge in [-0.2, -0.15) is 13.2 Å². The summed E-state index contributed by atoms with van der Waals surface area (Å²) in [5.74, 6) is 0.680. The lowest BCUT2D eigenvalue weighted by Crippen LogP contribution is -2.40. The van der Waals surface area contributed by atoms with Crippen LogP contribution in [0.4, 0.5) is 13.2 Å². The number of likely N-dealkylation sites (tertiary alicyclic amines) is 1. The Morgan fingerprint density at radius 3 is 2.55 bits per heavy atom. The molecule has 0 aliphatic carbocycles. The zero-order valence-electron chi connectivity index (χ0n) is 12.4. The second-order valence-electron chi connectivity index (χ2n) is 5.25. The number of aliphatic imine (C=N–C) groups is 1. The molecule has 0 unspecified atom stereocenters. The van der Waals surface area contributed by atoms with E-state index in [2.05, 4.69) is 10.3 Å². The van der Waals surface area contributed by atoms with Crippen molar-refractivity contribution in [3.05, 3.63) is 35.4 Å². The molecule has 1 fully saturated rings. The van der Waals surface area contributed by atoms with Crippen LogP contribution in [0.5, 0.6) is 0 Å². The number of hydrogen-bond donors (Lipinski definition) is 2. The second kappa shape index (κ2) is 7.00. The minimum atomic E-state index is -4.32. The van der Waals surface area contributed by atoms with Crippen molar-refractivity contribution in [3.8, 4) is 0 Å². The normalized spacial score (nSPS) is 19.6. The van der Waals surface area contributed by atoms with E-state index in [9.17, 15) is 18.3 Å². The SMILES string of the molecule is CCNC(=NCc1ccc(C(F)(F)F)cc1)N1CC[C@@H](O)C1. The fourth-order valence-corrected chi connectivity index (χ4v) is 2.33. The van der Waals surface area contributed by atoms with Crippen LogP contribution in [0.25, 0.3) is 0 Å². The molecule has 0 spiro atoms. The number of hydrogen-bond acceptors (Lipinski definition) is 2. The van der Waals surface area contributed by atoms with E-state index >= 15 is 0 Å². The van der Waals surface area contributed by atoms with Gasteiger partial charge in [0.25, 0.3) is 0 Å². The van der Waals surface area contributed by atoms with E-state index in [1.807, 2.05) is 11.8 Å². The van der Waals surface area contributed by atoms with Crippen LogP contribution in [0.2, 0.25) is 0 Å². The highest BCUT2D eigenvalue weighted by molar-refractivity contribution is 5.80. The monoisotopic (exact) mass is 315 g/mol. The van der Waals surface area contributed by atoms with Crippen molar-refractivity contribution < 1.29 is 18.3 Å². The summed E-state index contributed by atoms with van der Waals surface area (Å²) in [6, 6.07) is 5.01. The molecule has 1 aromatic rings. The van der Waals surface area contributed by atoms with Crippen LogP contribution in [0.1, 0.15) is 24.5 Å². The molecule has 1 atom stereocenters. The van der Waals surface area contributed by atoms with Crippen LogP contribution in [-0.2, 0) is 12.7 Å². The molecule has 1 aliphatic heterocycles. The van der Waals surface area contributed by atoms with Crippen molar-refractivity contribution in [3.63, 3.8) is 0 Å². The van der Waals surface area contributed by atoms with Crippen LogP contribution in [0.15, 0.2) is 29.3 Å². The number of aliphatic hydroxyl groups excluding tert-OH is 1. The number of halogens is 3. The minimum absolute atomic E-state index is 0.299. The Bertz CT molecular complexity index is 514. The van der Waals surface area contributed by atoms with E-state index < -0.39 is 11.7 Å². The smallest absolute Gasteiger partial charge is 0.391 e. The molecule has 1 aromatic carbocycles. The first-order valence-electron chi connectivity index (χ1n) is 7.27. The van der Waals surface area contributed by atoms with Gasteiger partial charge in [-0.25, -0.2) is 4.99 Å². The highest BCUT2D eigenvalue weighted by Gasteiger charge is 2.29. The predicted molar refractivity (Wildman–Crippen MR) is 78.5 cm³/mol. The summed E-state index contributed by atoms with van der Waals surface area (Å²) in [6.07, 6.45) is -3.97. The molecule has 2 rings (SSSR count). The maximum atomic E-state index is 12.5. The number of alkyl halides is 3. The van der Waals surface area contributed by atoms with Crippen molar-refractivity contribution in [2.45, 2.75) is 32.2 Å². The summed E-state index contributed by atoms with van der Waals surface area (Å²) in [5, 5.41) is 12.7. The molecule has 1 heterocycles. The van der Waals surface area contributed by atoms with Gasteiger partial charge in [-0.15, -0.1) is 0 Å². The van der Waals surface area contributed by atoms with Crippen LogP contribution in [0, 0.1) is 0 Å². The lowest BCUT2D eigenvalue weighted by molar-refractivity contribution is -0.137. The lowest BCUT2D eigenvalue weighted by atomic mass is 10.1. The van der Waals surface area contributed by atoms with Gasteiger partial charge in [-0.1, -0.05) is 12.1 Å². The van der Waals surface area contributed by atoms with Crippen molar-refractivity contribution in [2.24, 2.45) is 4.99 Å². The highest BCUT2D eigenvalue weighted by atomic mass is 19.4. The first kappa shape index (κ1) is 16.6. The first-order valence-corrected chi connectivity index (χ1v) is 7.27. The number of guanidine groups is 1. The second-order valence-corrected chi connectivity index (χ2v) is 5.25. The van der Waals surface area contributed by atoms with E-state index in [0.29, 0.717) is 37.6 Å². The number of aliphatic hydroxyl groups is 1. The molecule has 4 nitrogen and oxygen atoms in total. The van der Waals surface area contributed by atoms with Crippen molar-refractivity contribution in [1.82, 2.24) is 10.2 Å². The highest BCUT2D eigenvalue weighted by Crippen LogP contribution is 2.29. The Kier molecular flexibility index (Phi) is 5.28. The molecule has 22 heavy (non-hydrogen) atoms. The Morgan fingerprint density at radius 1 is 1.36 bits per heavy atom. The molecule has 1 saturated heterocycles. The maximum absolute atomic E-state index is 12.5. The van der Waals surface area contributed by atoms with Crippen LogP contribution in [0.3, 0.4) is 0 Å². The van der Waals surface area contributed by atoms with Gasteiger partial charge in [-0.3, -0.25) is 0 Å². The number of nitrogens with zero attached hydrogens (tertiary/aromatic N) is 2. The average molecular weight is 315 g/mol. The molecule has 1 aliphatic rings. The quantitative estimate of drug-likeness (QED) is 0.664. The molecule has 0 bridgehead atoms. The van der Waals surface area contributed by atoms with Gasteiger partial charge in [0.1, 0.15) is 0 Å². The van der Waals surface area contributed by atoms with Crippen LogP contribution in [-0.4, -0.2) is 41.7 Å². The van der Waals surface area contributed by atoms with E-state index in [1.54, 1.807) is 0 Å². The number of benzene rings is 1. The summed E-state index contributed by atoms with van der Waals surface area (Å²) in [6.45, 7) is 4.19. The Hall–Kier alpha value is -1.76. The summed E-state index contributed by atoms with van der Waals surface area (Å²) in [5.41, 5.74) is 0.0537. The van der Waals surface area contributed by atoms with Crippen molar-refractivity contribution in [2.75, 3.05) is 19.6 Å². The molecular weight excluding hydrogens is 295 g/mol. The largest absolute Gasteiger partial charge is 0.416 e. The van der Waals surface area contributed by atoms with E-state index in [0.717, 1.165) is 18.7 Å². The third kappa shape index (κ3) is 4.37. The zero-order valence-corrected chi connectivity index (χ0v) is 12.4. The molecule has 0 aromatic heterocycles. The van der Waals surface area contributed by atoms with Gasteiger partial charge in [0.2, 0.25) is 0 Å². The number of β-amino-alcohol motifs (C(OH)–C–C–N with tert-alkyl or cyclic N) is 1. The van der Waals surface area contributed by atoms with Crippen molar-refractivity contribution in [1.29, 1.82) is 0 Å². The maximum Gasteiger partial charge on any atom is 0.416 e. The first-order chi connectivity index (χ1) is 10.4. The Morgan fingerprint density at radius 2 is 2.05 bits per heavy atom. The van der Waals surface area contributed by atoms with Crippen LogP contribution < -0.4 is 5.32 Å². The molecule has 0 radical (unpaired) electrons. The molecule has 2 N–H and O–H groups in total. The third-order valence-electron chi connectivity index (χ3n) is 3.49. The summed E-state index contributed by atoms with van der Waals surface area (Å²) in [4.78, 5) is 6.39. The summed E-state index contributed by atoms with van der Waals surface area (Å²) in [7, 11) is 0. The van der Waals surface area contributed by atoms with Crippen molar-refractivity contribution >= 4 is 5.96 Å². The lowest BCUT2D eigenvalue weighted by Gasteiger charge is -2.21. The van der Waals surface area contributed by atoms with E-state index in [-0.39, 0.29) is 6.10 Å². The van der Waals surface area contributed by atoms with Gasteiger partial charge in [-0.05, 0) is 31.0 Å².